The van der Waals surface area contributed by atoms with E-state index in [1.165, 1.54) is 0 Å². The third kappa shape index (κ3) is 4.70. The van der Waals surface area contributed by atoms with Gasteiger partial charge in [-0.05, 0) is 6.42 Å². The Bertz CT molecular complexity index is 278. The zero-order valence-corrected chi connectivity index (χ0v) is 10.7. The highest BCUT2D eigenvalue weighted by molar-refractivity contribution is 8.13. The maximum Gasteiger partial charge on any atom is 0.343 e. The Hall–Kier alpha value is -0.400. The molecule has 18 heavy (non-hydrogen) atoms. The van der Waals surface area contributed by atoms with Crippen LogP contribution in [-0.2, 0) is 4.79 Å². The second-order valence-corrected chi connectivity index (χ2v) is 4.94. The first-order valence-corrected chi connectivity index (χ1v) is 6.22. The summed E-state index contributed by atoms with van der Waals surface area (Å²) >= 11 is 0.662. The molecule has 0 radical (unpaired) electrons. The van der Waals surface area contributed by atoms with Gasteiger partial charge < -0.3 is 0 Å². The molecule has 0 aliphatic carbocycles. The van der Waals surface area contributed by atoms with Gasteiger partial charge in [0.1, 0.15) is 6.17 Å². The molecule has 2 unspecified atom stereocenters. The van der Waals surface area contributed by atoms with Crippen molar-refractivity contribution in [3.63, 3.8) is 0 Å². The highest BCUT2D eigenvalue weighted by Gasteiger charge is 2.60. The Morgan fingerprint density at radius 1 is 1.22 bits per heavy atom. The van der Waals surface area contributed by atoms with Crippen molar-refractivity contribution in [2.24, 2.45) is 0 Å². The van der Waals surface area contributed by atoms with Crippen molar-refractivity contribution < 1.29 is 31.1 Å². The van der Waals surface area contributed by atoms with Crippen LogP contribution in [0, 0.1) is 0 Å². The molecule has 0 saturated carbocycles. The smallest absolute Gasteiger partial charge is 0.287 e. The van der Waals surface area contributed by atoms with Gasteiger partial charge in [-0.3, -0.25) is 4.79 Å². The van der Waals surface area contributed by atoms with Gasteiger partial charge in [-0.1, -0.05) is 18.7 Å². The van der Waals surface area contributed by atoms with E-state index in [4.69, 9.17) is 0 Å². The molecule has 2 atom stereocenters. The Labute approximate surface area is 105 Å². The molecule has 1 nitrogen and oxygen atoms in total. The van der Waals surface area contributed by atoms with E-state index >= 15 is 0 Å². The van der Waals surface area contributed by atoms with Crippen molar-refractivity contribution in [1.82, 2.24) is 0 Å². The number of hydrogen-bond donors (Lipinski definition) is 0. The van der Waals surface area contributed by atoms with Crippen molar-refractivity contribution >= 4 is 16.9 Å². The molecular formula is C10H14F6OS. The number of rotatable bonds is 7. The van der Waals surface area contributed by atoms with E-state index in [0.29, 0.717) is 11.8 Å². The van der Waals surface area contributed by atoms with Crippen LogP contribution in [0.5, 0.6) is 0 Å². The van der Waals surface area contributed by atoms with E-state index in [1.54, 1.807) is 6.92 Å². The van der Waals surface area contributed by atoms with Crippen molar-refractivity contribution in [3.05, 3.63) is 0 Å². The summed E-state index contributed by atoms with van der Waals surface area (Å²) in [6, 6.07) is 0. The van der Waals surface area contributed by atoms with Crippen LogP contribution in [0.4, 0.5) is 26.3 Å². The summed E-state index contributed by atoms with van der Waals surface area (Å²) in [4.78, 5) is 10.8. The fraction of sp³-hybridized carbons (Fsp3) is 0.900. The molecule has 0 aromatic heterocycles. The number of hydrogen-bond acceptors (Lipinski definition) is 2. The van der Waals surface area contributed by atoms with Gasteiger partial charge in [0.05, 0.1) is 0 Å². The van der Waals surface area contributed by atoms with Crippen molar-refractivity contribution in [1.29, 1.82) is 0 Å². The molecule has 0 heterocycles. The number of alkyl halides is 6. The summed E-state index contributed by atoms with van der Waals surface area (Å²) in [5.41, 5.74) is 0. The number of halogens is 6. The molecule has 0 spiro atoms. The summed E-state index contributed by atoms with van der Waals surface area (Å²) in [5.74, 6) is -9.92. The quantitative estimate of drug-likeness (QED) is 0.660. The number of carbonyl (C=O) groups excluding carboxylic acids is 1. The van der Waals surface area contributed by atoms with Crippen molar-refractivity contribution in [2.75, 3.05) is 5.75 Å². The molecule has 0 amide bonds. The van der Waals surface area contributed by atoms with Crippen molar-refractivity contribution in [3.8, 4) is 0 Å². The molecule has 0 aromatic rings. The lowest BCUT2D eigenvalue weighted by molar-refractivity contribution is -0.239. The van der Waals surface area contributed by atoms with E-state index in [1.807, 2.05) is 0 Å². The molecule has 0 aliphatic heterocycles. The van der Waals surface area contributed by atoms with E-state index in [0.717, 1.165) is 0 Å². The molecule has 0 bridgehead atoms. The van der Waals surface area contributed by atoms with Gasteiger partial charge in [-0.15, -0.1) is 0 Å². The molecule has 0 fully saturated rings. The molecule has 8 heteroatoms. The molecule has 0 N–H and O–H groups in total. The van der Waals surface area contributed by atoms with E-state index in [-0.39, 0.29) is 24.2 Å². The van der Waals surface area contributed by atoms with Gasteiger partial charge >= 0.3 is 11.8 Å². The van der Waals surface area contributed by atoms with Gasteiger partial charge in [0, 0.05) is 19.1 Å². The lowest BCUT2D eigenvalue weighted by Gasteiger charge is -2.27. The zero-order valence-electron chi connectivity index (χ0n) is 9.86. The van der Waals surface area contributed by atoms with Gasteiger partial charge in [0.2, 0.25) is 6.17 Å². The van der Waals surface area contributed by atoms with Crippen LogP contribution in [-0.4, -0.2) is 35.1 Å². The first-order valence-electron chi connectivity index (χ1n) is 5.23. The highest BCUT2D eigenvalue weighted by atomic mass is 32.2. The van der Waals surface area contributed by atoms with E-state index in [2.05, 4.69) is 0 Å². The Morgan fingerprint density at radius 3 is 2.11 bits per heavy atom. The molecule has 0 aromatic carbocycles. The van der Waals surface area contributed by atoms with Crippen molar-refractivity contribution in [2.45, 2.75) is 50.9 Å². The predicted octanol–water partition coefficient (Wildman–Crippen LogP) is 4.01. The Kier molecular flexibility index (Phi) is 6.53. The lowest BCUT2D eigenvalue weighted by Crippen LogP contribution is -2.49. The average molecular weight is 296 g/mol. The van der Waals surface area contributed by atoms with Gasteiger partial charge in [0.15, 0.2) is 5.12 Å². The molecule has 108 valence electrons. The first-order chi connectivity index (χ1) is 8.04. The fourth-order valence-corrected chi connectivity index (χ4v) is 1.78. The molecule has 0 saturated heterocycles. The van der Waals surface area contributed by atoms with Gasteiger partial charge in [-0.2, -0.15) is 8.78 Å². The summed E-state index contributed by atoms with van der Waals surface area (Å²) in [6.07, 6.45) is -6.87. The second-order valence-electron chi connectivity index (χ2n) is 3.79. The number of carbonyl (C=O) groups is 1. The minimum absolute atomic E-state index is 0.165. The lowest BCUT2D eigenvalue weighted by atomic mass is 10.0. The summed E-state index contributed by atoms with van der Waals surface area (Å²) < 4.78 is 76.4. The monoisotopic (exact) mass is 296 g/mol. The highest BCUT2D eigenvalue weighted by Crippen LogP contribution is 2.40. The minimum atomic E-state index is -5.06. The fourth-order valence-electron chi connectivity index (χ4n) is 1.00. The van der Waals surface area contributed by atoms with Crippen LogP contribution in [0.25, 0.3) is 0 Å². The largest absolute Gasteiger partial charge is 0.343 e. The van der Waals surface area contributed by atoms with E-state index < -0.39 is 30.6 Å². The van der Waals surface area contributed by atoms with Crippen LogP contribution in [0.2, 0.25) is 0 Å². The Balaban J connectivity index is 4.34. The zero-order chi connectivity index (χ0) is 14.6. The maximum absolute atomic E-state index is 13.1. The minimum Gasteiger partial charge on any atom is -0.287 e. The first kappa shape index (κ1) is 17.6. The van der Waals surface area contributed by atoms with Crippen LogP contribution < -0.4 is 0 Å². The predicted molar refractivity (Wildman–Crippen MR) is 57.7 cm³/mol. The van der Waals surface area contributed by atoms with Gasteiger partial charge in [0.25, 0.3) is 0 Å². The van der Waals surface area contributed by atoms with Crippen LogP contribution >= 0.6 is 11.8 Å². The topological polar surface area (TPSA) is 17.1 Å². The summed E-state index contributed by atoms with van der Waals surface area (Å²) in [6.45, 7) is 1.38. The Morgan fingerprint density at radius 2 is 1.72 bits per heavy atom. The standard InChI is InChI=1S/C10H14F6OS/c1-3-7(17)18-5-4-6(11)8(12)10(15,16)9(2,13)14/h6,8H,3-5H2,1-2H3. The molecule has 0 rings (SSSR count). The van der Waals surface area contributed by atoms with Crippen LogP contribution in [0.15, 0.2) is 0 Å². The SMILES string of the molecule is CCC(=O)SCCC(F)C(F)C(F)(F)C(C)(F)F. The second kappa shape index (κ2) is 6.68. The molecule has 0 aliphatic rings. The van der Waals surface area contributed by atoms with E-state index in [9.17, 15) is 31.1 Å². The van der Waals surface area contributed by atoms with Gasteiger partial charge in [-0.25, -0.2) is 17.6 Å². The summed E-state index contributed by atoms with van der Waals surface area (Å²) in [7, 11) is 0. The third-order valence-corrected chi connectivity index (χ3v) is 3.25. The normalized spacial score (nSPS) is 16.4. The number of thioether (sulfide) groups is 1. The average Bonchev–Trinajstić information content (AvgIpc) is 2.25. The maximum atomic E-state index is 13.1. The van der Waals surface area contributed by atoms with Crippen LogP contribution in [0.3, 0.4) is 0 Å². The van der Waals surface area contributed by atoms with Crippen LogP contribution in [0.1, 0.15) is 26.7 Å². The third-order valence-electron chi connectivity index (χ3n) is 2.19. The summed E-state index contributed by atoms with van der Waals surface area (Å²) in [5, 5.41) is -0.301. The molecular weight excluding hydrogens is 282 g/mol.